The third-order valence-electron chi connectivity index (χ3n) is 6.13. The molecule has 4 aromatic rings. The van der Waals surface area contributed by atoms with Gasteiger partial charge < -0.3 is 10.2 Å². The van der Waals surface area contributed by atoms with Gasteiger partial charge in [-0.2, -0.15) is 0 Å². The highest BCUT2D eigenvalue weighted by atomic mass is 16.3. The largest absolute Gasteiger partial charge is 0.393 e. The van der Waals surface area contributed by atoms with Crippen molar-refractivity contribution in [2.75, 3.05) is 0 Å². The number of aliphatic hydroxyl groups excluding tert-OH is 2. The van der Waals surface area contributed by atoms with E-state index in [9.17, 15) is 10.2 Å². The zero-order valence-corrected chi connectivity index (χ0v) is 17.8. The van der Waals surface area contributed by atoms with Crippen LogP contribution < -0.4 is 0 Å². The summed E-state index contributed by atoms with van der Waals surface area (Å²) in [4.78, 5) is 0. The van der Waals surface area contributed by atoms with Crippen molar-refractivity contribution in [1.29, 1.82) is 0 Å². The molecule has 0 bridgehead atoms. The van der Waals surface area contributed by atoms with Gasteiger partial charge in [0.15, 0.2) is 0 Å². The van der Waals surface area contributed by atoms with Crippen molar-refractivity contribution in [3.63, 3.8) is 0 Å². The SMILES string of the molecule is CCC(O)Cc1ccc2ccccc2c1-c1c(CC(O)CC)ccc2ccccc12. The number of benzene rings is 4. The zero-order valence-electron chi connectivity index (χ0n) is 17.8. The standard InChI is InChI=1S/C28H30O2/c1-3-23(29)17-21-15-13-19-9-5-7-11-25(19)27(21)28-22(18-24(30)4-2)16-14-20-10-6-8-12-26(20)28/h5-16,23-24,29-30H,3-4,17-18H2,1-2H3. The number of fused-ring (bicyclic) bond motifs is 2. The van der Waals surface area contributed by atoms with Crippen LogP contribution in [-0.4, -0.2) is 22.4 Å². The molecule has 4 aromatic carbocycles. The van der Waals surface area contributed by atoms with Crippen LogP contribution in [0.1, 0.15) is 37.8 Å². The van der Waals surface area contributed by atoms with Crippen molar-refractivity contribution in [1.82, 2.24) is 0 Å². The molecule has 2 nitrogen and oxygen atoms in total. The Kier molecular flexibility index (Phi) is 6.17. The van der Waals surface area contributed by atoms with Crippen LogP contribution in [0.15, 0.2) is 72.8 Å². The van der Waals surface area contributed by atoms with Crippen LogP contribution >= 0.6 is 0 Å². The molecule has 0 spiro atoms. The molecule has 2 atom stereocenters. The van der Waals surface area contributed by atoms with Crippen LogP contribution in [0.25, 0.3) is 32.7 Å². The Labute approximate surface area is 178 Å². The molecule has 0 saturated carbocycles. The van der Waals surface area contributed by atoms with Gasteiger partial charge in [0.2, 0.25) is 0 Å². The van der Waals surface area contributed by atoms with Crippen molar-refractivity contribution in [3.05, 3.63) is 83.9 Å². The van der Waals surface area contributed by atoms with Crippen molar-refractivity contribution in [3.8, 4) is 11.1 Å². The van der Waals surface area contributed by atoms with Gasteiger partial charge in [0, 0.05) is 0 Å². The summed E-state index contributed by atoms with van der Waals surface area (Å²) in [5.74, 6) is 0. The van der Waals surface area contributed by atoms with Crippen LogP contribution in [-0.2, 0) is 12.8 Å². The molecule has 0 aliphatic rings. The fraction of sp³-hybridized carbons (Fsp3) is 0.286. The Hall–Kier alpha value is -2.68. The van der Waals surface area contributed by atoms with E-state index < -0.39 is 0 Å². The molecular formula is C28H30O2. The molecule has 0 amide bonds. The lowest BCUT2D eigenvalue weighted by molar-refractivity contribution is 0.170. The highest BCUT2D eigenvalue weighted by Crippen LogP contribution is 2.40. The van der Waals surface area contributed by atoms with Crippen LogP contribution in [0, 0.1) is 0 Å². The molecule has 30 heavy (non-hydrogen) atoms. The summed E-state index contributed by atoms with van der Waals surface area (Å²) in [6, 6.07) is 25.6. The van der Waals surface area contributed by atoms with Crippen molar-refractivity contribution >= 4 is 21.5 Å². The number of hydrogen-bond donors (Lipinski definition) is 2. The average Bonchev–Trinajstić information content (AvgIpc) is 2.79. The summed E-state index contributed by atoms with van der Waals surface area (Å²) in [5.41, 5.74) is 4.70. The van der Waals surface area contributed by atoms with Gasteiger partial charge in [0.25, 0.3) is 0 Å². The monoisotopic (exact) mass is 398 g/mol. The first-order chi connectivity index (χ1) is 14.6. The Morgan fingerprint density at radius 3 is 1.37 bits per heavy atom. The van der Waals surface area contributed by atoms with Gasteiger partial charge in [-0.1, -0.05) is 86.6 Å². The summed E-state index contributed by atoms with van der Waals surface area (Å²) in [6.07, 6.45) is 1.95. The summed E-state index contributed by atoms with van der Waals surface area (Å²) < 4.78 is 0. The molecule has 2 N–H and O–H groups in total. The van der Waals surface area contributed by atoms with Gasteiger partial charge in [0.05, 0.1) is 12.2 Å². The fourth-order valence-corrected chi connectivity index (χ4v) is 4.36. The zero-order chi connectivity index (χ0) is 21.1. The molecular weight excluding hydrogens is 368 g/mol. The molecule has 0 heterocycles. The minimum Gasteiger partial charge on any atom is -0.393 e. The van der Waals surface area contributed by atoms with Gasteiger partial charge in [-0.25, -0.2) is 0 Å². The lowest BCUT2D eigenvalue weighted by Crippen LogP contribution is -2.12. The predicted molar refractivity (Wildman–Crippen MR) is 127 cm³/mol. The number of rotatable bonds is 7. The molecule has 0 aromatic heterocycles. The van der Waals surface area contributed by atoms with E-state index in [1.807, 2.05) is 13.8 Å². The second-order valence-corrected chi connectivity index (χ2v) is 8.17. The van der Waals surface area contributed by atoms with Crippen molar-refractivity contribution < 1.29 is 10.2 Å². The maximum atomic E-state index is 10.5. The maximum absolute atomic E-state index is 10.5. The van der Waals surface area contributed by atoms with Crippen LogP contribution in [0.4, 0.5) is 0 Å². The molecule has 154 valence electrons. The Morgan fingerprint density at radius 1 is 0.567 bits per heavy atom. The molecule has 2 heteroatoms. The summed E-state index contributed by atoms with van der Waals surface area (Å²) in [6.45, 7) is 4.04. The normalized spacial score (nSPS) is 13.6. The molecule has 0 saturated heterocycles. The Balaban J connectivity index is 2.07. The van der Waals surface area contributed by atoms with E-state index in [0.29, 0.717) is 12.8 Å². The highest BCUT2D eigenvalue weighted by Gasteiger charge is 2.19. The van der Waals surface area contributed by atoms with Gasteiger partial charge in [-0.3, -0.25) is 0 Å². The summed E-state index contributed by atoms with van der Waals surface area (Å²) in [7, 11) is 0. The van der Waals surface area contributed by atoms with Gasteiger partial charge >= 0.3 is 0 Å². The smallest absolute Gasteiger partial charge is 0.0578 e. The van der Waals surface area contributed by atoms with E-state index in [-0.39, 0.29) is 12.2 Å². The van der Waals surface area contributed by atoms with E-state index >= 15 is 0 Å². The highest BCUT2D eigenvalue weighted by molar-refractivity contribution is 6.07. The van der Waals surface area contributed by atoms with Crippen LogP contribution in [0.5, 0.6) is 0 Å². The van der Waals surface area contributed by atoms with Gasteiger partial charge in [-0.15, -0.1) is 0 Å². The minimum absolute atomic E-state index is 0.371. The second kappa shape index (κ2) is 8.99. The summed E-state index contributed by atoms with van der Waals surface area (Å²) in [5, 5.41) is 25.7. The van der Waals surface area contributed by atoms with E-state index in [2.05, 4.69) is 72.8 Å². The molecule has 0 aliphatic carbocycles. The third kappa shape index (κ3) is 3.98. The first-order valence-electron chi connectivity index (χ1n) is 11.0. The van der Waals surface area contributed by atoms with Crippen LogP contribution in [0.2, 0.25) is 0 Å². The predicted octanol–water partition coefficient (Wildman–Crippen LogP) is 6.29. The molecule has 2 unspecified atom stereocenters. The lowest BCUT2D eigenvalue weighted by Gasteiger charge is -2.21. The molecule has 0 radical (unpaired) electrons. The van der Waals surface area contributed by atoms with E-state index in [1.54, 1.807) is 0 Å². The van der Waals surface area contributed by atoms with E-state index in [0.717, 1.165) is 24.0 Å². The first-order valence-corrected chi connectivity index (χ1v) is 11.0. The van der Waals surface area contributed by atoms with Crippen LogP contribution in [0.3, 0.4) is 0 Å². The summed E-state index contributed by atoms with van der Waals surface area (Å²) >= 11 is 0. The molecule has 0 fully saturated rings. The lowest BCUT2D eigenvalue weighted by atomic mass is 9.84. The second-order valence-electron chi connectivity index (χ2n) is 8.17. The van der Waals surface area contributed by atoms with Crippen molar-refractivity contribution in [2.45, 2.75) is 51.7 Å². The third-order valence-corrected chi connectivity index (χ3v) is 6.13. The first kappa shape index (κ1) is 20.6. The van der Waals surface area contributed by atoms with Gasteiger partial charge in [-0.05, 0) is 69.5 Å². The van der Waals surface area contributed by atoms with Gasteiger partial charge in [0.1, 0.15) is 0 Å². The molecule has 4 rings (SSSR count). The minimum atomic E-state index is -0.371. The Morgan fingerprint density at radius 2 is 0.967 bits per heavy atom. The van der Waals surface area contributed by atoms with E-state index in [1.165, 1.54) is 32.7 Å². The fourth-order valence-electron chi connectivity index (χ4n) is 4.36. The Bertz CT molecular complexity index is 1070. The van der Waals surface area contributed by atoms with Crippen molar-refractivity contribution in [2.24, 2.45) is 0 Å². The topological polar surface area (TPSA) is 40.5 Å². The van der Waals surface area contributed by atoms with E-state index in [4.69, 9.17) is 0 Å². The number of aliphatic hydroxyl groups is 2. The maximum Gasteiger partial charge on any atom is 0.0578 e. The number of hydrogen-bond acceptors (Lipinski definition) is 2. The quantitative estimate of drug-likeness (QED) is 0.384. The average molecular weight is 399 g/mol. The molecule has 0 aliphatic heterocycles.